The first-order valence-electron chi connectivity index (χ1n) is 12.5. The summed E-state index contributed by atoms with van der Waals surface area (Å²) in [6.45, 7) is 1.13. The number of ether oxygens (including phenoxy) is 2. The van der Waals surface area contributed by atoms with Gasteiger partial charge in [-0.2, -0.15) is 0 Å². The van der Waals surface area contributed by atoms with Crippen LogP contribution in [0.3, 0.4) is 0 Å². The molecule has 0 amide bonds. The highest BCUT2D eigenvalue weighted by Gasteiger charge is 2.32. The average Bonchev–Trinajstić information content (AvgIpc) is 2.88. The van der Waals surface area contributed by atoms with E-state index in [-0.39, 0.29) is 11.6 Å². The maximum absolute atomic E-state index is 13.5. The summed E-state index contributed by atoms with van der Waals surface area (Å²) in [6.07, 6.45) is -0.0167. The summed E-state index contributed by atoms with van der Waals surface area (Å²) < 4.78 is 39.1. The van der Waals surface area contributed by atoms with Crippen molar-refractivity contribution in [1.82, 2.24) is 4.90 Å². The maximum Gasteiger partial charge on any atom is 0.126 e. The molecule has 2 heterocycles. The molecule has 0 unspecified atom stereocenters. The quantitative estimate of drug-likeness (QED) is 0.489. The summed E-state index contributed by atoms with van der Waals surface area (Å²) in [7, 11) is 0. The molecule has 2 N–H and O–H groups in total. The molecular weight excluding hydrogens is 464 g/mol. The smallest absolute Gasteiger partial charge is 0.126 e. The van der Waals surface area contributed by atoms with Crippen molar-refractivity contribution in [2.45, 2.75) is 56.6 Å². The Morgan fingerprint density at radius 3 is 1.75 bits per heavy atom. The molecule has 190 valence electrons. The van der Waals surface area contributed by atoms with Gasteiger partial charge >= 0.3 is 0 Å². The number of aliphatic hydroxyl groups is 2. The lowest BCUT2D eigenvalue weighted by Gasteiger charge is -2.35. The maximum atomic E-state index is 13.5. The zero-order valence-corrected chi connectivity index (χ0v) is 20.0. The van der Waals surface area contributed by atoms with E-state index in [4.69, 9.17) is 9.47 Å². The Kier molecular flexibility index (Phi) is 7.51. The predicted molar refractivity (Wildman–Crippen MR) is 132 cm³/mol. The minimum Gasteiger partial charge on any atom is -0.487 e. The third kappa shape index (κ3) is 5.86. The molecular formula is C29H31F2NO4. The molecule has 0 bridgehead atoms. The predicted octanol–water partition coefficient (Wildman–Crippen LogP) is 4.28. The van der Waals surface area contributed by atoms with Crippen LogP contribution in [0.1, 0.15) is 29.5 Å². The van der Waals surface area contributed by atoms with E-state index in [0.717, 1.165) is 16.7 Å². The second kappa shape index (κ2) is 10.9. The summed E-state index contributed by atoms with van der Waals surface area (Å²) in [5.41, 5.74) is 2.68. The average molecular weight is 496 g/mol. The first kappa shape index (κ1) is 24.7. The largest absolute Gasteiger partial charge is 0.487 e. The van der Waals surface area contributed by atoms with E-state index in [2.05, 4.69) is 0 Å². The van der Waals surface area contributed by atoms with E-state index in [1.54, 1.807) is 12.1 Å². The Labute approximate surface area is 209 Å². The molecule has 0 spiro atoms. The van der Waals surface area contributed by atoms with E-state index in [9.17, 15) is 19.0 Å². The number of hydrogen-bond donors (Lipinski definition) is 2. The summed E-state index contributed by atoms with van der Waals surface area (Å²) in [5.74, 6) is 0.619. The minimum atomic E-state index is -0.796. The standard InChI is InChI=1S/C29H31F2NO4/c30-22-8-12-26-20(14-22)6-10-28(35-26)24(33)17-32(16-19-4-2-1-3-5-19)18-25(34)29-11-7-21-15-23(31)9-13-27(21)36-29/h1-5,8-9,12-15,24-25,28-29,33-34H,6-7,10-11,16-18H2/t24-,25-,28-,29+/m1/s1. The Morgan fingerprint density at radius 2 is 1.25 bits per heavy atom. The van der Waals surface area contributed by atoms with E-state index < -0.39 is 24.4 Å². The van der Waals surface area contributed by atoms with Gasteiger partial charge in [-0.1, -0.05) is 30.3 Å². The van der Waals surface area contributed by atoms with Gasteiger partial charge in [0.25, 0.3) is 0 Å². The van der Waals surface area contributed by atoms with Crippen molar-refractivity contribution in [3.63, 3.8) is 0 Å². The highest BCUT2D eigenvalue weighted by molar-refractivity contribution is 5.37. The minimum absolute atomic E-state index is 0.293. The van der Waals surface area contributed by atoms with Crippen LogP contribution in [0.15, 0.2) is 66.7 Å². The normalized spacial score (nSPS) is 20.6. The molecule has 5 rings (SSSR count). The van der Waals surface area contributed by atoms with Crippen LogP contribution in [-0.4, -0.2) is 52.6 Å². The van der Waals surface area contributed by atoms with Crippen LogP contribution in [0.4, 0.5) is 8.78 Å². The van der Waals surface area contributed by atoms with Crippen LogP contribution in [0.25, 0.3) is 0 Å². The first-order chi connectivity index (χ1) is 17.4. The summed E-state index contributed by atoms with van der Waals surface area (Å²) in [5, 5.41) is 22.2. The van der Waals surface area contributed by atoms with E-state index in [0.29, 0.717) is 56.8 Å². The fourth-order valence-electron chi connectivity index (χ4n) is 5.11. The van der Waals surface area contributed by atoms with Gasteiger partial charge in [0.05, 0.1) is 0 Å². The number of aryl methyl sites for hydroxylation is 2. The SMILES string of the molecule is O[C@H](CN(Cc1ccccc1)C[C@@H](O)[C@H]1CCc2cc(F)ccc2O1)[C@@H]1CCc2cc(F)ccc2O1. The fourth-order valence-corrected chi connectivity index (χ4v) is 5.11. The third-order valence-corrected chi connectivity index (χ3v) is 7.00. The van der Waals surface area contributed by atoms with Crippen molar-refractivity contribution in [3.8, 4) is 11.5 Å². The molecule has 0 aliphatic carbocycles. The van der Waals surface area contributed by atoms with Crippen molar-refractivity contribution in [3.05, 3.63) is 95.1 Å². The molecule has 4 atom stereocenters. The van der Waals surface area contributed by atoms with Crippen LogP contribution < -0.4 is 9.47 Å². The lowest BCUT2D eigenvalue weighted by molar-refractivity contribution is -0.0295. The Balaban J connectivity index is 1.26. The van der Waals surface area contributed by atoms with Crippen molar-refractivity contribution < 1.29 is 28.5 Å². The molecule has 0 radical (unpaired) electrons. The zero-order valence-electron chi connectivity index (χ0n) is 20.0. The van der Waals surface area contributed by atoms with E-state index >= 15 is 0 Å². The van der Waals surface area contributed by atoms with Crippen molar-refractivity contribution in [1.29, 1.82) is 0 Å². The van der Waals surface area contributed by atoms with Gasteiger partial charge in [0.2, 0.25) is 0 Å². The molecule has 2 aliphatic rings. The summed E-state index contributed by atoms with van der Waals surface area (Å²) in [6, 6.07) is 18.8. The highest BCUT2D eigenvalue weighted by Crippen LogP contribution is 2.31. The number of halogens is 2. The first-order valence-corrected chi connectivity index (χ1v) is 12.5. The molecule has 0 fully saturated rings. The number of benzene rings is 3. The van der Waals surface area contributed by atoms with E-state index in [1.165, 1.54) is 24.3 Å². The number of nitrogens with zero attached hydrogens (tertiary/aromatic N) is 1. The lowest BCUT2D eigenvalue weighted by Crippen LogP contribution is -2.48. The van der Waals surface area contributed by atoms with Gasteiger partial charge in [0.1, 0.15) is 47.5 Å². The van der Waals surface area contributed by atoms with Crippen LogP contribution in [-0.2, 0) is 19.4 Å². The molecule has 7 heteroatoms. The second-order valence-corrected chi connectivity index (χ2v) is 9.71. The molecule has 3 aromatic rings. The van der Waals surface area contributed by atoms with Crippen molar-refractivity contribution >= 4 is 0 Å². The number of rotatable bonds is 8. The lowest BCUT2D eigenvalue weighted by atomic mass is 9.97. The molecule has 0 saturated carbocycles. The van der Waals surface area contributed by atoms with Crippen LogP contribution in [0.2, 0.25) is 0 Å². The van der Waals surface area contributed by atoms with Gasteiger partial charge in [-0.15, -0.1) is 0 Å². The molecule has 0 aromatic heterocycles. The topological polar surface area (TPSA) is 62.2 Å². The van der Waals surface area contributed by atoms with Gasteiger partial charge in [0.15, 0.2) is 0 Å². The van der Waals surface area contributed by atoms with Gasteiger partial charge in [-0.25, -0.2) is 8.78 Å². The monoisotopic (exact) mass is 495 g/mol. The third-order valence-electron chi connectivity index (χ3n) is 7.00. The highest BCUT2D eigenvalue weighted by atomic mass is 19.1. The Hall–Kier alpha value is -3.00. The molecule has 3 aromatic carbocycles. The van der Waals surface area contributed by atoms with Crippen LogP contribution >= 0.6 is 0 Å². The van der Waals surface area contributed by atoms with Crippen LogP contribution in [0.5, 0.6) is 11.5 Å². The van der Waals surface area contributed by atoms with Crippen molar-refractivity contribution in [2.75, 3.05) is 13.1 Å². The zero-order chi connectivity index (χ0) is 25.1. The fraction of sp³-hybridized carbons (Fsp3) is 0.379. The number of hydrogen-bond acceptors (Lipinski definition) is 5. The molecule has 2 aliphatic heterocycles. The van der Waals surface area contributed by atoms with Gasteiger partial charge in [-0.3, -0.25) is 4.90 Å². The van der Waals surface area contributed by atoms with Gasteiger partial charge < -0.3 is 19.7 Å². The number of fused-ring (bicyclic) bond motifs is 2. The summed E-state index contributed by atoms with van der Waals surface area (Å²) >= 11 is 0. The Morgan fingerprint density at radius 1 is 0.750 bits per heavy atom. The van der Waals surface area contributed by atoms with Gasteiger partial charge in [0, 0.05) is 19.6 Å². The Bertz CT molecular complexity index is 1100. The van der Waals surface area contributed by atoms with E-state index in [1.807, 2.05) is 35.2 Å². The molecule has 5 nitrogen and oxygen atoms in total. The molecule has 0 saturated heterocycles. The second-order valence-electron chi connectivity index (χ2n) is 9.71. The molecule has 36 heavy (non-hydrogen) atoms. The van der Waals surface area contributed by atoms with Gasteiger partial charge in [-0.05, 0) is 78.8 Å². The van der Waals surface area contributed by atoms with Crippen LogP contribution in [0, 0.1) is 11.6 Å². The van der Waals surface area contributed by atoms with Crippen molar-refractivity contribution in [2.24, 2.45) is 0 Å². The summed E-state index contributed by atoms with van der Waals surface area (Å²) in [4.78, 5) is 2.01. The number of aliphatic hydroxyl groups excluding tert-OH is 2.